The van der Waals surface area contributed by atoms with E-state index in [1.165, 1.54) is 18.4 Å². The van der Waals surface area contributed by atoms with Crippen LogP contribution in [0.5, 0.6) is 0 Å². The highest BCUT2D eigenvalue weighted by molar-refractivity contribution is 7.88. The van der Waals surface area contributed by atoms with Crippen molar-refractivity contribution in [2.24, 2.45) is 5.14 Å². The van der Waals surface area contributed by atoms with Crippen LogP contribution in [0.3, 0.4) is 0 Å². The number of nitrogens with two attached hydrogens (primary N) is 1. The Labute approximate surface area is 161 Å². The van der Waals surface area contributed by atoms with Crippen molar-refractivity contribution < 1.29 is 22.4 Å². The molecule has 3 aromatic rings. The summed E-state index contributed by atoms with van der Waals surface area (Å²) in [6, 6.07) is 15.9. The minimum absolute atomic E-state index is 0.162. The minimum atomic E-state index is -3.62. The van der Waals surface area contributed by atoms with Crippen molar-refractivity contribution >= 4 is 33.2 Å². The molecule has 0 aliphatic rings. The van der Waals surface area contributed by atoms with E-state index in [9.17, 15) is 18.0 Å². The summed E-state index contributed by atoms with van der Waals surface area (Å²) in [6.45, 7) is 0. The van der Waals surface area contributed by atoms with Crippen LogP contribution in [0, 0.1) is 0 Å². The van der Waals surface area contributed by atoms with Gasteiger partial charge in [-0.15, -0.1) is 0 Å². The van der Waals surface area contributed by atoms with Crippen molar-refractivity contribution in [2.45, 2.75) is 5.75 Å². The molecule has 144 valence electrons. The van der Waals surface area contributed by atoms with Gasteiger partial charge < -0.3 is 15.1 Å². The van der Waals surface area contributed by atoms with Crippen molar-refractivity contribution in [2.75, 3.05) is 10.6 Å². The molecule has 0 aliphatic heterocycles. The van der Waals surface area contributed by atoms with Crippen LogP contribution in [0.2, 0.25) is 0 Å². The van der Waals surface area contributed by atoms with Crippen LogP contribution in [0.4, 0.5) is 11.4 Å². The molecule has 0 saturated heterocycles. The topological polar surface area (TPSA) is 132 Å². The number of hydrogen-bond donors (Lipinski definition) is 3. The predicted octanol–water partition coefficient (Wildman–Crippen LogP) is 2.57. The predicted molar refractivity (Wildman–Crippen MR) is 104 cm³/mol. The maximum Gasteiger partial charge on any atom is 0.291 e. The Hall–Kier alpha value is -3.43. The van der Waals surface area contributed by atoms with Gasteiger partial charge in [0.1, 0.15) is 0 Å². The van der Waals surface area contributed by atoms with Crippen LogP contribution in [0.15, 0.2) is 71.3 Å². The first-order valence-corrected chi connectivity index (χ1v) is 9.87. The monoisotopic (exact) mass is 399 g/mol. The molecule has 0 radical (unpaired) electrons. The minimum Gasteiger partial charge on any atom is -0.459 e. The third-order valence-corrected chi connectivity index (χ3v) is 4.44. The molecule has 2 aromatic carbocycles. The molecule has 1 heterocycles. The summed E-state index contributed by atoms with van der Waals surface area (Å²) >= 11 is 0. The molecule has 3 rings (SSSR count). The van der Waals surface area contributed by atoms with Crippen LogP contribution >= 0.6 is 0 Å². The number of anilines is 2. The Morgan fingerprint density at radius 1 is 0.893 bits per heavy atom. The van der Waals surface area contributed by atoms with Gasteiger partial charge in [-0.25, -0.2) is 13.6 Å². The van der Waals surface area contributed by atoms with Gasteiger partial charge in [-0.1, -0.05) is 18.2 Å². The van der Waals surface area contributed by atoms with E-state index in [-0.39, 0.29) is 17.4 Å². The Balaban J connectivity index is 1.67. The highest BCUT2D eigenvalue weighted by Crippen LogP contribution is 2.16. The zero-order valence-electron chi connectivity index (χ0n) is 14.6. The number of hydrogen-bond acceptors (Lipinski definition) is 5. The molecule has 0 atom stereocenters. The lowest BCUT2D eigenvalue weighted by atomic mass is 10.1. The molecule has 0 saturated carbocycles. The van der Waals surface area contributed by atoms with Crippen LogP contribution < -0.4 is 15.8 Å². The van der Waals surface area contributed by atoms with Crippen LogP contribution in [-0.2, 0) is 15.8 Å². The molecule has 8 nitrogen and oxygen atoms in total. The third kappa shape index (κ3) is 5.29. The SMILES string of the molecule is NS(=O)(=O)Cc1ccc(NC(=O)c2cccc(NC(=O)c3ccco3)c2)cc1. The number of benzene rings is 2. The summed E-state index contributed by atoms with van der Waals surface area (Å²) in [5, 5.41) is 10.4. The van der Waals surface area contributed by atoms with E-state index in [1.54, 1.807) is 48.5 Å². The average molecular weight is 399 g/mol. The molecular weight excluding hydrogens is 382 g/mol. The summed E-state index contributed by atoms with van der Waals surface area (Å²) in [7, 11) is -3.62. The second-order valence-corrected chi connectivity index (χ2v) is 7.58. The fourth-order valence-corrected chi connectivity index (χ4v) is 3.12. The van der Waals surface area contributed by atoms with Crippen molar-refractivity contribution in [1.82, 2.24) is 0 Å². The maximum absolute atomic E-state index is 12.4. The van der Waals surface area contributed by atoms with Gasteiger partial charge in [0.15, 0.2) is 5.76 Å². The first-order chi connectivity index (χ1) is 13.3. The molecule has 2 amide bonds. The molecule has 28 heavy (non-hydrogen) atoms. The van der Waals surface area contributed by atoms with E-state index in [1.807, 2.05) is 0 Å². The Morgan fingerprint density at radius 3 is 2.25 bits per heavy atom. The number of nitrogens with one attached hydrogen (secondary N) is 2. The van der Waals surface area contributed by atoms with Crippen molar-refractivity contribution in [1.29, 1.82) is 0 Å². The van der Waals surface area contributed by atoms with Crippen LogP contribution in [0.25, 0.3) is 0 Å². The fourth-order valence-electron chi connectivity index (χ4n) is 2.46. The Kier molecular flexibility index (Phi) is 5.57. The van der Waals surface area contributed by atoms with Gasteiger partial charge in [0, 0.05) is 16.9 Å². The number of rotatable bonds is 6. The van der Waals surface area contributed by atoms with E-state index in [2.05, 4.69) is 10.6 Å². The summed E-state index contributed by atoms with van der Waals surface area (Å²) < 4.78 is 27.2. The fraction of sp³-hybridized carbons (Fsp3) is 0.0526. The lowest BCUT2D eigenvalue weighted by molar-refractivity contribution is 0.0993. The van der Waals surface area contributed by atoms with Crippen LogP contribution in [-0.4, -0.2) is 20.2 Å². The molecule has 0 spiro atoms. The van der Waals surface area contributed by atoms with Crippen molar-refractivity contribution in [3.63, 3.8) is 0 Å². The first kappa shape index (κ1) is 19.3. The zero-order valence-corrected chi connectivity index (χ0v) is 15.4. The average Bonchev–Trinajstić information content (AvgIpc) is 3.17. The van der Waals surface area contributed by atoms with Crippen LogP contribution in [0.1, 0.15) is 26.5 Å². The Bertz CT molecular complexity index is 1090. The lowest BCUT2D eigenvalue weighted by Gasteiger charge is -2.08. The van der Waals surface area contributed by atoms with Gasteiger partial charge >= 0.3 is 0 Å². The van der Waals surface area contributed by atoms with Gasteiger partial charge in [-0.2, -0.15) is 0 Å². The second-order valence-electron chi connectivity index (χ2n) is 5.97. The Morgan fingerprint density at radius 2 is 1.61 bits per heavy atom. The standard InChI is InChI=1S/C19H17N3O5S/c20-28(25,26)12-13-6-8-15(9-7-13)21-18(23)14-3-1-4-16(11-14)22-19(24)17-5-2-10-27-17/h1-11H,12H2,(H,21,23)(H,22,24)(H2,20,25,26). The molecular formula is C19H17N3O5S. The number of carbonyl (C=O) groups is 2. The maximum atomic E-state index is 12.4. The lowest BCUT2D eigenvalue weighted by Crippen LogP contribution is -2.15. The van der Waals surface area contributed by atoms with E-state index in [4.69, 9.17) is 9.56 Å². The van der Waals surface area contributed by atoms with E-state index < -0.39 is 15.9 Å². The smallest absolute Gasteiger partial charge is 0.291 e. The first-order valence-electron chi connectivity index (χ1n) is 8.16. The summed E-state index contributed by atoms with van der Waals surface area (Å²) in [5.74, 6) is -0.922. The van der Waals surface area contributed by atoms with Crippen molar-refractivity contribution in [3.05, 3.63) is 83.8 Å². The summed E-state index contributed by atoms with van der Waals surface area (Å²) in [4.78, 5) is 24.5. The molecule has 0 aliphatic carbocycles. The zero-order chi connectivity index (χ0) is 20.1. The number of amides is 2. The van der Waals surface area contributed by atoms with Gasteiger partial charge in [0.2, 0.25) is 10.0 Å². The highest BCUT2D eigenvalue weighted by Gasteiger charge is 2.12. The number of carbonyl (C=O) groups excluding carboxylic acids is 2. The van der Waals surface area contributed by atoms with E-state index >= 15 is 0 Å². The largest absolute Gasteiger partial charge is 0.459 e. The third-order valence-electron chi connectivity index (χ3n) is 3.71. The van der Waals surface area contributed by atoms with Crippen molar-refractivity contribution in [3.8, 4) is 0 Å². The number of primary sulfonamides is 1. The molecule has 0 fully saturated rings. The molecule has 4 N–H and O–H groups in total. The normalized spacial score (nSPS) is 11.0. The molecule has 1 aromatic heterocycles. The molecule has 0 bridgehead atoms. The van der Waals surface area contributed by atoms with Gasteiger partial charge in [-0.3, -0.25) is 9.59 Å². The molecule has 0 unspecified atom stereocenters. The number of furan rings is 1. The van der Waals surface area contributed by atoms with Gasteiger partial charge in [0.25, 0.3) is 11.8 Å². The summed E-state index contributed by atoms with van der Waals surface area (Å²) in [6.07, 6.45) is 1.40. The van der Waals surface area contributed by atoms with E-state index in [0.717, 1.165) is 0 Å². The molecule has 9 heteroatoms. The second kappa shape index (κ2) is 8.07. The summed E-state index contributed by atoms with van der Waals surface area (Å²) in [5.41, 5.74) is 1.79. The van der Waals surface area contributed by atoms with Gasteiger partial charge in [0.05, 0.1) is 12.0 Å². The highest BCUT2D eigenvalue weighted by atomic mass is 32.2. The number of sulfonamides is 1. The quantitative estimate of drug-likeness (QED) is 0.586. The van der Waals surface area contributed by atoms with E-state index in [0.29, 0.717) is 22.5 Å². The van der Waals surface area contributed by atoms with Gasteiger partial charge in [-0.05, 0) is 48.0 Å².